The molecular formula is C30H38F2NO5P. The van der Waals surface area contributed by atoms with E-state index in [1.807, 2.05) is 36.4 Å². The first-order valence-electron chi connectivity index (χ1n) is 13.7. The average Bonchev–Trinajstić information content (AvgIpc) is 3.24. The monoisotopic (exact) mass is 561 g/mol. The molecule has 2 aromatic rings. The molecule has 1 saturated carbocycles. The van der Waals surface area contributed by atoms with Crippen LogP contribution in [0.1, 0.15) is 38.2 Å². The Morgan fingerprint density at radius 1 is 1.05 bits per heavy atom. The third-order valence-electron chi connectivity index (χ3n) is 7.64. The number of hydrogen-bond acceptors (Lipinski definition) is 5. The average molecular weight is 562 g/mol. The second-order valence-corrected chi connectivity index (χ2v) is 13.1. The molecule has 2 aromatic carbocycles. The van der Waals surface area contributed by atoms with Crippen LogP contribution >= 0.6 is 7.37 Å². The van der Waals surface area contributed by atoms with Crippen molar-refractivity contribution >= 4 is 13.2 Å². The summed E-state index contributed by atoms with van der Waals surface area (Å²) in [7, 11) is -3.02. The topological polar surface area (TPSA) is 76.1 Å². The van der Waals surface area contributed by atoms with E-state index in [1.54, 1.807) is 6.92 Å². The molecule has 6 nitrogen and oxygen atoms in total. The standard InChI is InChI=1S/C30H38F2NO5P/c1-2-39(35,36)16-6-4-3-5-7-27-29(20-28(34)30(27)33-12-14-37-15-13-33)38-21-22-8-10-23(11-9-22)24-17-25(31)19-26(32)18-24/h3-4,8-11,17-19,27,29-30H,2,5-7,12-16,20-21H2,1H3,(H,35,36)/b4-3+. The number of rotatable bonds is 12. The number of ketones is 1. The van der Waals surface area contributed by atoms with Crippen molar-refractivity contribution in [2.24, 2.45) is 5.92 Å². The van der Waals surface area contributed by atoms with E-state index in [0.717, 1.165) is 37.6 Å². The number of Topliss-reactive ketones (excluding diaryl/α,β-unsaturated/α-hetero) is 1. The zero-order valence-corrected chi connectivity index (χ0v) is 23.3. The van der Waals surface area contributed by atoms with E-state index in [-0.39, 0.29) is 36.2 Å². The molecule has 2 fully saturated rings. The van der Waals surface area contributed by atoms with Crippen molar-refractivity contribution in [1.82, 2.24) is 4.90 Å². The van der Waals surface area contributed by atoms with Crippen LogP contribution in [0.2, 0.25) is 0 Å². The fraction of sp³-hybridized carbons (Fsp3) is 0.500. The maximum Gasteiger partial charge on any atom is 0.200 e. The van der Waals surface area contributed by atoms with Crippen LogP contribution in [0.4, 0.5) is 8.78 Å². The van der Waals surface area contributed by atoms with E-state index >= 15 is 0 Å². The molecule has 9 heteroatoms. The maximum atomic E-state index is 13.6. The number of morpholine rings is 1. The van der Waals surface area contributed by atoms with Gasteiger partial charge in [-0.2, -0.15) is 0 Å². The number of benzene rings is 2. The van der Waals surface area contributed by atoms with Gasteiger partial charge in [0, 0.05) is 43.8 Å². The molecule has 0 aromatic heterocycles. The van der Waals surface area contributed by atoms with Gasteiger partial charge in [0.25, 0.3) is 0 Å². The lowest BCUT2D eigenvalue weighted by Crippen LogP contribution is -2.49. The van der Waals surface area contributed by atoms with Gasteiger partial charge in [0.1, 0.15) is 11.6 Å². The summed E-state index contributed by atoms with van der Waals surface area (Å²) in [6.45, 7) is 4.74. The van der Waals surface area contributed by atoms with Crippen LogP contribution in [0.5, 0.6) is 0 Å². The van der Waals surface area contributed by atoms with Crippen LogP contribution in [0.15, 0.2) is 54.6 Å². The van der Waals surface area contributed by atoms with E-state index in [2.05, 4.69) is 4.90 Å². The first kappa shape index (κ1) is 29.8. The second kappa shape index (κ2) is 13.9. The molecule has 0 amide bonds. The highest BCUT2D eigenvalue weighted by atomic mass is 31.2. The minimum absolute atomic E-state index is 0.0365. The van der Waals surface area contributed by atoms with Gasteiger partial charge < -0.3 is 14.4 Å². The Morgan fingerprint density at radius 2 is 1.72 bits per heavy atom. The number of hydrogen-bond donors (Lipinski definition) is 1. The van der Waals surface area contributed by atoms with Gasteiger partial charge in [-0.3, -0.25) is 14.3 Å². The van der Waals surface area contributed by atoms with Gasteiger partial charge in [0.2, 0.25) is 7.37 Å². The summed E-state index contributed by atoms with van der Waals surface area (Å²) in [6, 6.07) is 10.6. The summed E-state index contributed by atoms with van der Waals surface area (Å²) in [5, 5.41) is 0. The first-order chi connectivity index (χ1) is 18.8. The predicted octanol–water partition coefficient (Wildman–Crippen LogP) is 5.82. The third-order valence-corrected chi connectivity index (χ3v) is 9.59. The Hall–Kier alpha value is -2.22. The number of carbonyl (C=O) groups excluding carboxylic acids is 1. The molecule has 1 aliphatic carbocycles. The molecule has 1 heterocycles. The molecule has 4 atom stereocenters. The van der Waals surface area contributed by atoms with Crippen LogP contribution in [-0.2, 0) is 25.4 Å². The highest BCUT2D eigenvalue weighted by Gasteiger charge is 2.45. The molecule has 2 aliphatic rings. The van der Waals surface area contributed by atoms with Crippen LogP contribution < -0.4 is 0 Å². The van der Waals surface area contributed by atoms with Crippen molar-refractivity contribution in [3.05, 3.63) is 71.8 Å². The van der Waals surface area contributed by atoms with Crippen molar-refractivity contribution < 1.29 is 32.5 Å². The Bertz CT molecular complexity index is 1160. The van der Waals surface area contributed by atoms with E-state index in [4.69, 9.17) is 9.47 Å². The molecule has 1 aliphatic heterocycles. The van der Waals surface area contributed by atoms with Gasteiger partial charge >= 0.3 is 0 Å². The smallest absolute Gasteiger partial charge is 0.200 e. The normalized spacial score (nSPS) is 23.9. The minimum Gasteiger partial charge on any atom is -0.379 e. The number of ether oxygens (including phenoxy) is 2. The molecular weight excluding hydrogens is 523 g/mol. The van der Waals surface area contributed by atoms with Gasteiger partial charge in [0.05, 0.1) is 32.0 Å². The third kappa shape index (κ3) is 8.38. The fourth-order valence-corrected chi connectivity index (χ4v) is 6.31. The van der Waals surface area contributed by atoms with Crippen LogP contribution in [-0.4, -0.2) is 66.3 Å². The summed E-state index contributed by atoms with van der Waals surface area (Å²) < 4.78 is 50.9. The largest absolute Gasteiger partial charge is 0.379 e. The Balaban J connectivity index is 1.38. The van der Waals surface area contributed by atoms with E-state index in [1.165, 1.54) is 12.1 Å². The molecule has 1 saturated heterocycles. The van der Waals surface area contributed by atoms with Crippen LogP contribution in [0.3, 0.4) is 0 Å². The molecule has 212 valence electrons. The van der Waals surface area contributed by atoms with E-state index in [0.29, 0.717) is 43.8 Å². The molecule has 0 spiro atoms. The van der Waals surface area contributed by atoms with Crippen LogP contribution in [0.25, 0.3) is 11.1 Å². The predicted molar refractivity (Wildman–Crippen MR) is 148 cm³/mol. The van der Waals surface area contributed by atoms with Crippen LogP contribution in [0, 0.1) is 17.6 Å². The van der Waals surface area contributed by atoms with Gasteiger partial charge in [0.15, 0.2) is 5.78 Å². The zero-order valence-electron chi connectivity index (χ0n) is 22.4. The van der Waals surface area contributed by atoms with Crippen molar-refractivity contribution in [2.75, 3.05) is 38.6 Å². The van der Waals surface area contributed by atoms with Gasteiger partial charge in [-0.1, -0.05) is 43.3 Å². The number of carbonyl (C=O) groups is 1. The van der Waals surface area contributed by atoms with E-state index < -0.39 is 19.0 Å². The van der Waals surface area contributed by atoms with Gasteiger partial charge in [-0.15, -0.1) is 0 Å². The quantitative estimate of drug-likeness (QED) is 0.260. The molecule has 4 rings (SSSR count). The number of nitrogens with zero attached hydrogens (tertiary/aromatic N) is 1. The fourth-order valence-electron chi connectivity index (χ4n) is 5.44. The SMILES string of the molecule is CCP(=O)(O)CC/C=C/CCC1C(OCc2ccc(-c3cc(F)cc(F)c3)cc2)CC(=O)C1N1CCOCC1. The molecule has 0 bridgehead atoms. The maximum absolute atomic E-state index is 13.6. The lowest BCUT2D eigenvalue weighted by atomic mass is 9.93. The summed E-state index contributed by atoms with van der Waals surface area (Å²) >= 11 is 0. The van der Waals surface area contributed by atoms with Gasteiger partial charge in [-0.05, 0) is 48.1 Å². The van der Waals surface area contributed by atoms with Crippen molar-refractivity contribution in [2.45, 2.75) is 51.4 Å². The number of halogens is 2. The lowest BCUT2D eigenvalue weighted by Gasteiger charge is -2.35. The zero-order chi connectivity index (χ0) is 27.8. The lowest BCUT2D eigenvalue weighted by molar-refractivity contribution is -0.124. The van der Waals surface area contributed by atoms with Crippen molar-refractivity contribution in [3.8, 4) is 11.1 Å². The Kier molecular flexibility index (Phi) is 10.6. The Labute approximate surface area is 229 Å². The van der Waals surface area contributed by atoms with Crippen molar-refractivity contribution in [1.29, 1.82) is 0 Å². The highest BCUT2D eigenvalue weighted by molar-refractivity contribution is 7.57. The highest BCUT2D eigenvalue weighted by Crippen LogP contribution is 2.40. The summed E-state index contributed by atoms with van der Waals surface area (Å²) in [6.07, 6.45) is 6.84. The van der Waals surface area contributed by atoms with E-state index in [9.17, 15) is 23.0 Å². The number of allylic oxidation sites excluding steroid dienone is 2. The summed E-state index contributed by atoms with van der Waals surface area (Å²) in [5.41, 5.74) is 2.10. The Morgan fingerprint density at radius 3 is 2.38 bits per heavy atom. The molecule has 1 N–H and O–H groups in total. The summed E-state index contributed by atoms with van der Waals surface area (Å²) in [5.74, 6) is -1.00. The van der Waals surface area contributed by atoms with Crippen molar-refractivity contribution in [3.63, 3.8) is 0 Å². The molecule has 0 radical (unpaired) electrons. The molecule has 4 unspecified atom stereocenters. The minimum atomic E-state index is -3.02. The van der Waals surface area contributed by atoms with Gasteiger partial charge in [-0.25, -0.2) is 8.78 Å². The summed E-state index contributed by atoms with van der Waals surface area (Å²) in [4.78, 5) is 25.1. The second-order valence-electron chi connectivity index (χ2n) is 10.4. The first-order valence-corrected chi connectivity index (χ1v) is 15.8. The molecule has 39 heavy (non-hydrogen) atoms.